The van der Waals surface area contributed by atoms with Gasteiger partial charge in [-0.1, -0.05) is 0 Å². The molecule has 1 fully saturated rings. The van der Waals surface area contributed by atoms with Crippen LogP contribution >= 0.6 is 0 Å². The molecule has 2 N–H and O–H groups in total. The Bertz CT molecular complexity index is 149. The van der Waals surface area contributed by atoms with Crippen molar-refractivity contribution in [1.29, 1.82) is 0 Å². The molecule has 0 aromatic rings. The van der Waals surface area contributed by atoms with E-state index in [1.807, 2.05) is 6.92 Å². The number of nitrogens with one attached hydrogen (secondary N) is 1. The van der Waals surface area contributed by atoms with Crippen molar-refractivity contribution >= 4 is 6.03 Å². The number of likely N-dealkylation sites (tertiary alicyclic amines) is 1. The van der Waals surface area contributed by atoms with Gasteiger partial charge >= 0.3 is 6.03 Å². The molecule has 1 rings (SSSR count). The Morgan fingerprint density at radius 2 is 2.55 bits per heavy atom. The molecule has 1 aliphatic heterocycles. The molecule has 2 amide bonds. The molecule has 1 saturated heterocycles. The Kier molecular flexibility index (Phi) is 2.70. The number of carbonyl (C=O) groups excluding carboxylic acids is 1. The summed E-state index contributed by atoms with van der Waals surface area (Å²) in [7, 11) is 0. The van der Waals surface area contributed by atoms with Gasteiger partial charge in [0, 0.05) is 19.6 Å². The average Bonchev–Trinajstić information content (AvgIpc) is 2.36. The average molecular weight is 158 g/mol. The maximum absolute atomic E-state index is 11.1. The predicted molar refractivity (Wildman–Crippen MR) is 41.3 cm³/mol. The fraction of sp³-hybridized carbons (Fsp3) is 0.857. The summed E-state index contributed by atoms with van der Waals surface area (Å²) in [5, 5.41) is 11.8. The molecule has 0 radical (unpaired) electrons. The van der Waals surface area contributed by atoms with Crippen molar-refractivity contribution in [3.63, 3.8) is 0 Å². The van der Waals surface area contributed by atoms with E-state index in [1.54, 1.807) is 4.90 Å². The highest BCUT2D eigenvalue weighted by Gasteiger charge is 2.23. The number of amides is 2. The zero-order valence-electron chi connectivity index (χ0n) is 6.71. The first-order valence-corrected chi connectivity index (χ1v) is 3.95. The van der Waals surface area contributed by atoms with E-state index in [0.717, 1.165) is 0 Å². The van der Waals surface area contributed by atoms with Crippen LogP contribution in [0.1, 0.15) is 13.3 Å². The first-order valence-electron chi connectivity index (χ1n) is 3.95. The highest BCUT2D eigenvalue weighted by Crippen LogP contribution is 2.07. The maximum Gasteiger partial charge on any atom is 0.317 e. The van der Waals surface area contributed by atoms with Crippen LogP contribution in [0.5, 0.6) is 0 Å². The summed E-state index contributed by atoms with van der Waals surface area (Å²) < 4.78 is 0. The Morgan fingerprint density at radius 1 is 1.82 bits per heavy atom. The Morgan fingerprint density at radius 3 is 3.00 bits per heavy atom. The Balaban J connectivity index is 2.31. The van der Waals surface area contributed by atoms with Gasteiger partial charge in [0.1, 0.15) is 0 Å². The maximum atomic E-state index is 11.1. The normalized spacial score (nSPS) is 23.8. The van der Waals surface area contributed by atoms with Crippen LogP contribution in [-0.4, -0.2) is 41.8 Å². The van der Waals surface area contributed by atoms with Crippen molar-refractivity contribution in [2.75, 3.05) is 19.6 Å². The van der Waals surface area contributed by atoms with Gasteiger partial charge in [0.2, 0.25) is 0 Å². The van der Waals surface area contributed by atoms with Crippen molar-refractivity contribution in [2.45, 2.75) is 19.4 Å². The molecule has 0 spiro atoms. The number of β-amino-alcohol motifs (C(OH)–C–C–N with tert-alkyl or cyclic N) is 1. The van der Waals surface area contributed by atoms with Crippen LogP contribution in [0.4, 0.5) is 4.79 Å². The molecule has 1 atom stereocenters. The predicted octanol–water partition coefficient (Wildman–Crippen LogP) is -0.217. The minimum absolute atomic E-state index is 0.0657. The second-order valence-corrected chi connectivity index (χ2v) is 2.72. The fourth-order valence-electron chi connectivity index (χ4n) is 1.19. The van der Waals surface area contributed by atoms with Crippen molar-refractivity contribution in [3.8, 4) is 0 Å². The van der Waals surface area contributed by atoms with Gasteiger partial charge in [-0.15, -0.1) is 0 Å². The molecule has 0 aromatic carbocycles. The molecule has 11 heavy (non-hydrogen) atoms. The number of nitrogens with zero attached hydrogens (tertiary/aromatic N) is 1. The summed E-state index contributed by atoms with van der Waals surface area (Å²) in [6.45, 7) is 3.68. The van der Waals surface area contributed by atoms with Gasteiger partial charge in [-0.3, -0.25) is 0 Å². The van der Waals surface area contributed by atoms with Crippen molar-refractivity contribution in [3.05, 3.63) is 0 Å². The third-order valence-electron chi connectivity index (χ3n) is 1.78. The molecule has 0 unspecified atom stereocenters. The van der Waals surface area contributed by atoms with Crippen LogP contribution in [0.2, 0.25) is 0 Å². The molecule has 4 nitrogen and oxygen atoms in total. The van der Waals surface area contributed by atoms with E-state index < -0.39 is 0 Å². The third kappa shape index (κ3) is 2.08. The fourth-order valence-corrected chi connectivity index (χ4v) is 1.19. The van der Waals surface area contributed by atoms with E-state index in [1.165, 1.54) is 0 Å². The quantitative estimate of drug-likeness (QED) is 0.554. The summed E-state index contributed by atoms with van der Waals surface area (Å²) in [4.78, 5) is 12.7. The van der Waals surface area contributed by atoms with Crippen molar-refractivity contribution in [2.24, 2.45) is 0 Å². The van der Waals surface area contributed by atoms with E-state index in [4.69, 9.17) is 5.11 Å². The van der Waals surface area contributed by atoms with E-state index in [2.05, 4.69) is 5.32 Å². The van der Waals surface area contributed by atoms with Crippen LogP contribution in [0.25, 0.3) is 0 Å². The summed E-state index contributed by atoms with van der Waals surface area (Å²) in [6.07, 6.45) is 0.384. The zero-order chi connectivity index (χ0) is 8.27. The van der Waals surface area contributed by atoms with Gasteiger partial charge in [-0.2, -0.15) is 0 Å². The Labute approximate surface area is 66.2 Å². The monoisotopic (exact) mass is 158 g/mol. The molecule has 0 saturated carbocycles. The van der Waals surface area contributed by atoms with Crippen LogP contribution in [0.15, 0.2) is 0 Å². The molecule has 0 bridgehead atoms. The second-order valence-electron chi connectivity index (χ2n) is 2.72. The largest absolute Gasteiger partial charge is 0.391 e. The van der Waals surface area contributed by atoms with Crippen LogP contribution in [0.3, 0.4) is 0 Å². The number of rotatable bonds is 1. The van der Waals surface area contributed by atoms with Crippen molar-refractivity contribution in [1.82, 2.24) is 10.2 Å². The molecule has 4 heteroatoms. The lowest BCUT2D eigenvalue weighted by Gasteiger charge is -2.15. The molecule has 0 aliphatic carbocycles. The number of carbonyl (C=O) groups is 1. The summed E-state index contributed by atoms with van der Waals surface area (Å²) in [6, 6.07) is -0.0657. The minimum Gasteiger partial charge on any atom is -0.391 e. The second kappa shape index (κ2) is 3.57. The minimum atomic E-state index is -0.322. The Hall–Kier alpha value is -0.770. The van der Waals surface area contributed by atoms with Gasteiger partial charge in [-0.05, 0) is 13.3 Å². The molecule has 1 heterocycles. The molecular formula is C7H14N2O2. The topological polar surface area (TPSA) is 52.6 Å². The first-order chi connectivity index (χ1) is 5.24. The van der Waals surface area contributed by atoms with E-state index in [-0.39, 0.29) is 12.1 Å². The van der Waals surface area contributed by atoms with E-state index in [9.17, 15) is 4.79 Å². The van der Waals surface area contributed by atoms with Gasteiger partial charge in [0.15, 0.2) is 0 Å². The molecule has 64 valence electrons. The lowest BCUT2D eigenvalue weighted by Crippen LogP contribution is -2.38. The lowest BCUT2D eigenvalue weighted by molar-refractivity contribution is 0.172. The number of aliphatic hydroxyl groups excluding tert-OH is 1. The zero-order valence-corrected chi connectivity index (χ0v) is 6.71. The van der Waals surface area contributed by atoms with Gasteiger partial charge in [0.05, 0.1) is 6.10 Å². The summed E-state index contributed by atoms with van der Waals surface area (Å²) >= 11 is 0. The SMILES string of the molecule is CCNC(=O)N1CC[C@@H](O)C1. The van der Waals surface area contributed by atoms with Crippen LogP contribution in [-0.2, 0) is 0 Å². The number of hydrogen-bond donors (Lipinski definition) is 2. The van der Waals surface area contributed by atoms with Crippen LogP contribution < -0.4 is 5.32 Å². The van der Waals surface area contributed by atoms with Gasteiger partial charge < -0.3 is 15.3 Å². The standard InChI is InChI=1S/C7H14N2O2/c1-2-8-7(11)9-4-3-6(10)5-9/h6,10H,2-5H2,1H3,(H,8,11)/t6-/m1/s1. The molecular weight excluding hydrogens is 144 g/mol. The highest BCUT2D eigenvalue weighted by atomic mass is 16.3. The van der Waals surface area contributed by atoms with E-state index in [0.29, 0.717) is 26.1 Å². The number of aliphatic hydroxyl groups is 1. The van der Waals surface area contributed by atoms with Gasteiger partial charge in [0.25, 0.3) is 0 Å². The van der Waals surface area contributed by atoms with Gasteiger partial charge in [-0.25, -0.2) is 4.79 Å². The number of hydrogen-bond acceptors (Lipinski definition) is 2. The lowest BCUT2D eigenvalue weighted by atomic mass is 10.3. The van der Waals surface area contributed by atoms with E-state index >= 15 is 0 Å². The summed E-state index contributed by atoms with van der Waals surface area (Å²) in [5.74, 6) is 0. The van der Waals surface area contributed by atoms with Crippen LogP contribution in [0, 0.1) is 0 Å². The first kappa shape index (κ1) is 8.33. The number of urea groups is 1. The summed E-state index contributed by atoms with van der Waals surface area (Å²) in [5.41, 5.74) is 0. The third-order valence-corrected chi connectivity index (χ3v) is 1.78. The highest BCUT2D eigenvalue weighted by molar-refractivity contribution is 5.74. The smallest absolute Gasteiger partial charge is 0.317 e. The molecule has 1 aliphatic rings. The van der Waals surface area contributed by atoms with Crippen molar-refractivity contribution < 1.29 is 9.90 Å². The molecule has 0 aromatic heterocycles.